The lowest BCUT2D eigenvalue weighted by Crippen LogP contribution is -2.33. The maximum atomic E-state index is 14.4. The second-order valence-corrected chi connectivity index (χ2v) is 9.62. The van der Waals surface area contributed by atoms with Crippen LogP contribution in [-0.4, -0.2) is 52.9 Å². The van der Waals surface area contributed by atoms with Crippen LogP contribution >= 0.6 is 0 Å². The summed E-state index contributed by atoms with van der Waals surface area (Å²) in [6.45, 7) is 3.10. The van der Waals surface area contributed by atoms with Crippen LogP contribution in [0.15, 0.2) is 67.1 Å². The van der Waals surface area contributed by atoms with E-state index in [-0.39, 0.29) is 34.6 Å². The monoisotopic (exact) mass is 554 g/mol. The third-order valence-electron chi connectivity index (χ3n) is 6.51. The first-order chi connectivity index (χ1) is 19.7. The molecule has 2 aromatic heterocycles. The van der Waals surface area contributed by atoms with Gasteiger partial charge in [-0.2, -0.15) is 0 Å². The fourth-order valence-corrected chi connectivity index (χ4v) is 4.33. The van der Waals surface area contributed by atoms with E-state index < -0.39 is 11.5 Å². The molecular weight excluding hydrogens is 526 g/mol. The Labute approximate surface area is 237 Å². The van der Waals surface area contributed by atoms with E-state index in [0.29, 0.717) is 35.9 Å². The molecule has 10 nitrogen and oxygen atoms in total. The van der Waals surface area contributed by atoms with Crippen molar-refractivity contribution in [3.05, 3.63) is 95.3 Å². The molecule has 2 aromatic carbocycles. The fourth-order valence-electron chi connectivity index (χ4n) is 4.33. The molecule has 0 aliphatic carbocycles. The number of aromatic nitrogens is 3. The molecule has 0 amide bonds. The first kappa shape index (κ1) is 28.0. The fraction of sp³-hybridized carbons (Fsp3) is 0.241. The lowest BCUT2D eigenvalue weighted by atomic mass is 9.88. The van der Waals surface area contributed by atoms with Crippen LogP contribution < -0.4 is 20.5 Å². The molecule has 4 aromatic rings. The van der Waals surface area contributed by atoms with E-state index >= 15 is 0 Å². The molecule has 1 atom stereocenters. The highest BCUT2D eigenvalue weighted by atomic mass is 19.1. The number of hydrogen-bond donors (Lipinski definition) is 4. The summed E-state index contributed by atoms with van der Waals surface area (Å²) in [5.41, 5.74) is 5.94. The first-order valence-corrected chi connectivity index (χ1v) is 12.9. The molecule has 1 aliphatic heterocycles. The van der Waals surface area contributed by atoms with Gasteiger partial charge in [0.05, 0.1) is 11.3 Å². The van der Waals surface area contributed by atoms with Crippen molar-refractivity contribution in [3.63, 3.8) is 0 Å². The van der Waals surface area contributed by atoms with E-state index in [0.717, 1.165) is 24.6 Å². The van der Waals surface area contributed by atoms with Gasteiger partial charge in [0.25, 0.3) is 0 Å². The van der Waals surface area contributed by atoms with Gasteiger partial charge >= 0.3 is 0 Å². The zero-order valence-electron chi connectivity index (χ0n) is 22.3. The molecule has 1 aliphatic rings. The van der Waals surface area contributed by atoms with Crippen LogP contribution in [0.3, 0.4) is 0 Å². The van der Waals surface area contributed by atoms with Gasteiger partial charge in [0.2, 0.25) is 0 Å². The number of aliphatic hydroxyl groups is 1. The number of anilines is 2. The maximum absolute atomic E-state index is 14.4. The quantitative estimate of drug-likeness (QED) is 0.137. The van der Waals surface area contributed by atoms with E-state index in [1.165, 1.54) is 24.7 Å². The second-order valence-electron chi connectivity index (χ2n) is 9.62. The van der Waals surface area contributed by atoms with Crippen LogP contribution in [0.25, 0.3) is 0 Å². The van der Waals surface area contributed by atoms with E-state index in [2.05, 4.69) is 20.3 Å². The van der Waals surface area contributed by atoms with E-state index in [4.69, 9.17) is 33.2 Å². The van der Waals surface area contributed by atoms with Crippen molar-refractivity contribution in [1.29, 1.82) is 5.41 Å². The van der Waals surface area contributed by atoms with Gasteiger partial charge in [-0.3, -0.25) is 10.4 Å². The third-order valence-corrected chi connectivity index (χ3v) is 6.51. The molecule has 41 heavy (non-hydrogen) atoms. The van der Waals surface area contributed by atoms with Crippen LogP contribution in [-0.2, 0) is 10.4 Å². The smallest absolute Gasteiger partial charge is 0.183 e. The van der Waals surface area contributed by atoms with Crippen LogP contribution in [0.1, 0.15) is 35.2 Å². The predicted molar refractivity (Wildman–Crippen MR) is 152 cm³/mol. The van der Waals surface area contributed by atoms with Crippen molar-refractivity contribution in [2.45, 2.75) is 31.5 Å². The van der Waals surface area contributed by atoms with Gasteiger partial charge in [-0.25, -0.2) is 14.4 Å². The van der Waals surface area contributed by atoms with E-state index in [1.807, 2.05) is 0 Å². The molecule has 1 saturated heterocycles. The van der Waals surface area contributed by atoms with Gasteiger partial charge in [-0.1, -0.05) is 6.07 Å². The average Bonchev–Trinajstić information content (AvgIpc) is 2.93. The Kier molecular flexibility index (Phi) is 8.13. The molecule has 1 fully saturated rings. The van der Waals surface area contributed by atoms with Crippen molar-refractivity contribution < 1.29 is 23.7 Å². The number of benzene rings is 2. The summed E-state index contributed by atoms with van der Waals surface area (Å²) in [4.78, 5) is 12.5. The lowest BCUT2D eigenvalue weighted by molar-refractivity contribution is -0.0679. The Morgan fingerprint density at radius 3 is 2.51 bits per heavy atom. The van der Waals surface area contributed by atoms with Gasteiger partial charge in [-0.05, 0) is 50.1 Å². The highest BCUT2D eigenvalue weighted by Crippen LogP contribution is 2.31. The number of aryl methyl sites for hydroxylation is 1. The molecular formula is C29H28BFN6O4. The van der Waals surface area contributed by atoms with Crippen LogP contribution in [0.4, 0.5) is 16.0 Å². The van der Waals surface area contributed by atoms with E-state index in [1.54, 1.807) is 43.3 Å². The number of nitrogens with zero attached hydrogens (tertiary/aromatic N) is 3. The van der Waals surface area contributed by atoms with Crippen molar-refractivity contribution in [3.8, 4) is 17.2 Å². The molecule has 1 unspecified atom stereocenters. The van der Waals surface area contributed by atoms with Gasteiger partial charge in [0.15, 0.2) is 13.5 Å². The number of rotatable bonds is 9. The summed E-state index contributed by atoms with van der Waals surface area (Å²) in [7, 11) is 5.92. The lowest BCUT2D eigenvalue weighted by Gasteiger charge is -2.26. The largest absolute Gasteiger partial charge is 0.468 e. The number of nitrogens with two attached hydrogens (primary N) is 1. The number of pyridine rings is 1. The first-order valence-electron chi connectivity index (χ1n) is 12.9. The number of nitrogens with one attached hydrogen (secondary N) is 2. The molecule has 0 bridgehead atoms. The van der Waals surface area contributed by atoms with Crippen LogP contribution in [0.5, 0.6) is 17.2 Å². The number of ether oxygens (including phenoxy) is 3. The number of hydrogen-bond acceptors (Lipinski definition) is 10. The Morgan fingerprint density at radius 2 is 1.80 bits per heavy atom. The van der Waals surface area contributed by atoms with Crippen molar-refractivity contribution >= 4 is 25.2 Å². The summed E-state index contributed by atoms with van der Waals surface area (Å²) in [6.07, 6.45) is 4.39. The molecule has 0 saturated carbocycles. The molecule has 3 heterocycles. The van der Waals surface area contributed by atoms with Crippen molar-refractivity contribution in [1.82, 2.24) is 15.0 Å². The Morgan fingerprint density at radius 1 is 1.07 bits per heavy atom. The van der Waals surface area contributed by atoms with E-state index in [9.17, 15) is 9.50 Å². The molecule has 12 heteroatoms. The summed E-state index contributed by atoms with van der Waals surface area (Å²) < 4.78 is 31.1. The Hall–Kier alpha value is -4.55. The number of halogens is 1. The molecule has 5 N–H and O–H groups in total. The average molecular weight is 554 g/mol. The SMILES string of the molecule is [B]C(O)(Oc1cc(F)cc(Oc2ccc(C(=N)c3c(N)ncnc3NC3CCOCC3)cc2)c1)c1ccc(C)nc1. The van der Waals surface area contributed by atoms with Crippen molar-refractivity contribution in [2.24, 2.45) is 0 Å². The second kappa shape index (κ2) is 11.9. The Balaban J connectivity index is 1.31. The van der Waals surface area contributed by atoms with Crippen LogP contribution in [0.2, 0.25) is 0 Å². The minimum atomic E-state index is -2.24. The predicted octanol–water partition coefficient (Wildman–Crippen LogP) is 4.05. The minimum Gasteiger partial charge on any atom is -0.468 e. The maximum Gasteiger partial charge on any atom is 0.183 e. The zero-order chi connectivity index (χ0) is 29.0. The summed E-state index contributed by atoms with van der Waals surface area (Å²) in [5.74, 6) is 0.466. The van der Waals surface area contributed by atoms with Crippen LogP contribution in [0, 0.1) is 18.2 Å². The van der Waals surface area contributed by atoms with Gasteiger partial charge < -0.3 is 30.4 Å². The summed E-state index contributed by atoms with van der Waals surface area (Å²) in [6, 6.07) is 13.7. The normalized spacial score (nSPS) is 15.1. The topological polar surface area (TPSA) is 148 Å². The molecule has 0 spiro atoms. The molecule has 208 valence electrons. The van der Waals surface area contributed by atoms with Gasteiger partial charge in [-0.15, -0.1) is 0 Å². The summed E-state index contributed by atoms with van der Waals surface area (Å²) in [5, 5.41) is 22.8. The summed E-state index contributed by atoms with van der Waals surface area (Å²) >= 11 is 0. The minimum absolute atomic E-state index is 0.0481. The highest BCUT2D eigenvalue weighted by Gasteiger charge is 2.26. The molecule has 5 rings (SSSR count). The Bertz CT molecular complexity index is 1530. The zero-order valence-corrected chi connectivity index (χ0v) is 22.3. The standard InChI is InChI=1S/C29H28BFN6O4/c1-17-2-5-19(15-34-17)29(30,38)41-24-13-20(31)12-23(14-24)40-22-6-3-18(4-7-22)26(32)25-27(33)35-16-36-28(25)37-21-8-10-39-11-9-21/h2-7,12-16,21,32,38H,8-11H2,1H3,(H3,33,35,36,37). The van der Waals surface area contributed by atoms with Gasteiger partial charge in [0.1, 0.15) is 41.0 Å². The molecule has 2 radical (unpaired) electrons. The number of nitrogen functional groups attached to an aromatic ring is 1. The highest BCUT2D eigenvalue weighted by molar-refractivity contribution is 6.16. The third kappa shape index (κ3) is 6.79. The van der Waals surface area contributed by atoms with Crippen molar-refractivity contribution in [2.75, 3.05) is 24.3 Å². The van der Waals surface area contributed by atoms with Gasteiger partial charge in [0, 0.05) is 60.5 Å².